The summed E-state index contributed by atoms with van der Waals surface area (Å²) in [7, 11) is 0. The molecule has 0 aliphatic heterocycles. The van der Waals surface area contributed by atoms with Crippen molar-refractivity contribution in [2.45, 2.75) is 19.4 Å². The Labute approximate surface area is 112 Å². The standard InChI is InChI=1S/C10H14FN3O.2ClH/c1-10(2,12)6-14-9(15)7-3-8(11)5-13-4-7;;/h3-5H,6,12H2,1-2H3,(H,14,15);2*1H. The zero-order valence-corrected chi connectivity index (χ0v) is 11.2. The topological polar surface area (TPSA) is 68.0 Å². The molecule has 0 aromatic carbocycles. The number of nitrogens with one attached hydrogen (secondary N) is 1. The van der Waals surface area contributed by atoms with Gasteiger partial charge in [-0.1, -0.05) is 0 Å². The Morgan fingerprint density at radius 1 is 1.47 bits per heavy atom. The van der Waals surface area contributed by atoms with E-state index in [1.807, 2.05) is 0 Å². The first-order valence-corrected chi connectivity index (χ1v) is 4.56. The van der Waals surface area contributed by atoms with Crippen LogP contribution in [0.1, 0.15) is 24.2 Å². The van der Waals surface area contributed by atoms with Gasteiger partial charge in [-0.25, -0.2) is 4.39 Å². The first-order chi connectivity index (χ1) is 6.88. The number of nitrogens with zero attached hydrogens (tertiary/aromatic N) is 1. The maximum atomic E-state index is 12.7. The van der Waals surface area contributed by atoms with Crippen molar-refractivity contribution in [1.29, 1.82) is 0 Å². The molecule has 0 saturated carbocycles. The maximum Gasteiger partial charge on any atom is 0.253 e. The third-order valence-electron chi connectivity index (χ3n) is 1.67. The van der Waals surface area contributed by atoms with Crippen molar-refractivity contribution in [2.24, 2.45) is 5.73 Å². The molecule has 4 nitrogen and oxygen atoms in total. The molecule has 0 bridgehead atoms. The molecule has 1 rings (SSSR count). The van der Waals surface area contributed by atoms with Gasteiger partial charge in [-0.05, 0) is 19.9 Å². The van der Waals surface area contributed by atoms with E-state index < -0.39 is 11.4 Å². The van der Waals surface area contributed by atoms with Gasteiger partial charge >= 0.3 is 0 Å². The first-order valence-electron chi connectivity index (χ1n) is 4.56. The van der Waals surface area contributed by atoms with Crippen molar-refractivity contribution >= 4 is 30.7 Å². The Morgan fingerprint density at radius 2 is 2.06 bits per heavy atom. The Bertz CT molecular complexity index is 369. The van der Waals surface area contributed by atoms with Crippen LogP contribution in [0, 0.1) is 5.82 Å². The van der Waals surface area contributed by atoms with Gasteiger partial charge in [0.05, 0.1) is 11.8 Å². The molecule has 1 aromatic heterocycles. The molecule has 0 fully saturated rings. The molecule has 1 amide bonds. The van der Waals surface area contributed by atoms with E-state index >= 15 is 0 Å². The molecule has 17 heavy (non-hydrogen) atoms. The zero-order chi connectivity index (χ0) is 11.5. The van der Waals surface area contributed by atoms with Crippen LogP contribution in [0.3, 0.4) is 0 Å². The van der Waals surface area contributed by atoms with E-state index in [1.54, 1.807) is 13.8 Å². The van der Waals surface area contributed by atoms with Crippen LogP contribution in [-0.4, -0.2) is 23.0 Å². The molecule has 98 valence electrons. The number of hydrogen-bond acceptors (Lipinski definition) is 3. The highest BCUT2D eigenvalue weighted by Crippen LogP contribution is 2.01. The predicted molar refractivity (Wildman–Crippen MR) is 69.3 cm³/mol. The highest BCUT2D eigenvalue weighted by molar-refractivity contribution is 5.93. The average molecular weight is 284 g/mol. The van der Waals surface area contributed by atoms with Gasteiger partial charge in [-0.15, -0.1) is 24.8 Å². The summed E-state index contributed by atoms with van der Waals surface area (Å²) in [5.41, 5.74) is 5.39. The number of amides is 1. The van der Waals surface area contributed by atoms with E-state index in [9.17, 15) is 9.18 Å². The number of rotatable bonds is 3. The molecule has 0 atom stereocenters. The van der Waals surface area contributed by atoms with E-state index in [2.05, 4.69) is 10.3 Å². The molecule has 0 unspecified atom stereocenters. The highest BCUT2D eigenvalue weighted by atomic mass is 35.5. The van der Waals surface area contributed by atoms with E-state index in [4.69, 9.17) is 5.73 Å². The second-order valence-corrected chi connectivity index (χ2v) is 4.06. The SMILES string of the molecule is CC(C)(N)CNC(=O)c1cncc(F)c1.Cl.Cl. The molecule has 7 heteroatoms. The third kappa shape index (κ3) is 7.10. The fraction of sp³-hybridized carbons (Fsp3) is 0.400. The molecule has 1 heterocycles. The second kappa shape index (κ2) is 7.42. The summed E-state index contributed by atoms with van der Waals surface area (Å²) >= 11 is 0. The van der Waals surface area contributed by atoms with E-state index in [0.29, 0.717) is 6.54 Å². The molecule has 3 N–H and O–H groups in total. The van der Waals surface area contributed by atoms with Gasteiger partial charge in [0, 0.05) is 18.3 Å². The summed E-state index contributed by atoms with van der Waals surface area (Å²) in [6, 6.07) is 1.13. The summed E-state index contributed by atoms with van der Waals surface area (Å²) in [4.78, 5) is 15.1. The minimum atomic E-state index is -0.533. The maximum absolute atomic E-state index is 12.7. The van der Waals surface area contributed by atoms with Crippen LogP contribution in [0.2, 0.25) is 0 Å². The van der Waals surface area contributed by atoms with Crippen molar-refractivity contribution in [3.8, 4) is 0 Å². The van der Waals surface area contributed by atoms with Crippen molar-refractivity contribution in [3.63, 3.8) is 0 Å². The molecule has 1 aromatic rings. The van der Waals surface area contributed by atoms with Gasteiger partial charge in [0.2, 0.25) is 0 Å². The quantitative estimate of drug-likeness (QED) is 0.884. The molecular formula is C10H16Cl2FN3O. The average Bonchev–Trinajstić information content (AvgIpc) is 2.13. The summed E-state index contributed by atoms with van der Waals surface area (Å²) in [5, 5.41) is 2.60. The predicted octanol–water partition coefficient (Wildman–Crippen LogP) is 1.53. The number of carbonyl (C=O) groups excluding carboxylic acids is 1. The van der Waals surface area contributed by atoms with Crippen molar-refractivity contribution in [2.75, 3.05) is 6.54 Å². The summed E-state index contributed by atoms with van der Waals surface area (Å²) in [6.07, 6.45) is 2.35. The molecule has 0 radical (unpaired) electrons. The molecule has 0 aliphatic carbocycles. The highest BCUT2D eigenvalue weighted by Gasteiger charge is 2.13. The summed E-state index contributed by atoms with van der Waals surface area (Å²) < 4.78 is 12.7. The Kier molecular flexibility index (Phi) is 8.06. The Morgan fingerprint density at radius 3 is 2.53 bits per heavy atom. The summed E-state index contributed by atoms with van der Waals surface area (Å²) in [6.45, 7) is 3.90. The number of aromatic nitrogens is 1. The van der Waals surface area contributed by atoms with Gasteiger partial charge < -0.3 is 11.1 Å². The minimum Gasteiger partial charge on any atom is -0.350 e. The van der Waals surface area contributed by atoms with Crippen LogP contribution >= 0.6 is 24.8 Å². The lowest BCUT2D eigenvalue weighted by Gasteiger charge is -2.18. The van der Waals surface area contributed by atoms with E-state index in [0.717, 1.165) is 12.3 Å². The number of pyridine rings is 1. The van der Waals surface area contributed by atoms with Crippen molar-refractivity contribution in [3.05, 3.63) is 29.8 Å². The van der Waals surface area contributed by atoms with Crippen LogP contribution in [-0.2, 0) is 0 Å². The molecule has 0 saturated heterocycles. The lowest BCUT2D eigenvalue weighted by Crippen LogP contribution is -2.45. The first kappa shape index (κ1) is 18.5. The third-order valence-corrected chi connectivity index (χ3v) is 1.67. The van der Waals surface area contributed by atoms with Crippen LogP contribution in [0.25, 0.3) is 0 Å². The number of hydrogen-bond donors (Lipinski definition) is 2. The Hall–Kier alpha value is -0.910. The lowest BCUT2D eigenvalue weighted by molar-refractivity contribution is 0.0945. The van der Waals surface area contributed by atoms with Crippen LogP contribution in [0.15, 0.2) is 18.5 Å². The molecule has 0 spiro atoms. The van der Waals surface area contributed by atoms with Crippen LogP contribution < -0.4 is 11.1 Å². The fourth-order valence-electron chi connectivity index (χ4n) is 0.946. The van der Waals surface area contributed by atoms with E-state index in [1.165, 1.54) is 6.20 Å². The largest absolute Gasteiger partial charge is 0.350 e. The van der Waals surface area contributed by atoms with Gasteiger partial charge in [0.1, 0.15) is 5.82 Å². The van der Waals surface area contributed by atoms with Crippen molar-refractivity contribution < 1.29 is 9.18 Å². The fourth-order valence-corrected chi connectivity index (χ4v) is 0.946. The second-order valence-electron chi connectivity index (χ2n) is 4.06. The molecular weight excluding hydrogens is 268 g/mol. The van der Waals surface area contributed by atoms with Gasteiger partial charge in [0.25, 0.3) is 5.91 Å². The van der Waals surface area contributed by atoms with E-state index in [-0.39, 0.29) is 36.3 Å². The zero-order valence-electron chi connectivity index (χ0n) is 9.57. The smallest absolute Gasteiger partial charge is 0.253 e. The Balaban J connectivity index is 0. The lowest BCUT2D eigenvalue weighted by atomic mass is 10.1. The number of carbonyl (C=O) groups is 1. The van der Waals surface area contributed by atoms with Crippen molar-refractivity contribution in [1.82, 2.24) is 10.3 Å². The van der Waals surface area contributed by atoms with Gasteiger partial charge in [0.15, 0.2) is 0 Å². The van der Waals surface area contributed by atoms with Gasteiger partial charge in [-0.3, -0.25) is 9.78 Å². The summed E-state index contributed by atoms with van der Waals surface area (Å²) in [5.74, 6) is -0.907. The van der Waals surface area contributed by atoms with Gasteiger partial charge in [-0.2, -0.15) is 0 Å². The minimum absolute atomic E-state index is 0. The normalized spacial score (nSPS) is 9.88. The van der Waals surface area contributed by atoms with Crippen LogP contribution in [0.4, 0.5) is 4.39 Å². The monoisotopic (exact) mass is 283 g/mol. The number of nitrogens with two attached hydrogens (primary N) is 1. The van der Waals surface area contributed by atoms with Crippen LogP contribution in [0.5, 0.6) is 0 Å². The number of halogens is 3. The molecule has 0 aliphatic rings.